The van der Waals surface area contributed by atoms with Gasteiger partial charge >= 0.3 is 12.2 Å². The Balaban J connectivity index is 2.13. The van der Waals surface area contributed by atoms with E-state index >= 15 is 0 Å². The molecule has 1 aliphatic heterocycles. The van der Waals surface area contributed by atoms with Crippen molar-refractivity contribution in [1.29, 1.82) is 0 Å². The molecule has 3 rings (SSSR count). The van der Waals surface area contributed by atoms with Crippen molar-refractivity contribution < 1.29 is 37.7 Å². The van der Waals surface area contributed by atoms with E-state index in [1.807, 2.05) is 0 Å². The normalized spacial score (nSPS) is 15.2. The summed E-state index contributed by atoms with van der Waals surface area (Å²) in [6, 6.07) is 11.0. The minimum Gasteiger partial charge on any atom is -0.493 e. The van der Waals surface area contributed by atoms with Crippen molar-refractivity contribution >= 4 is 12.2 Å². The summed E-state index contributed by atoms with van der Waals surface area (Å²) in [5.74, 6) is -0.266. The molecule has 1 atom stereocenters. The number of nitrogens with one attached hydrogen (secondary N) is 2. The minimum absolute atomic E-state index is 0.0265. The monoisotopic (exact) mass is 514 g/mol. The molecule has 0 spiro atoms. The molecule has 0 bridgehead atoms. The Morgan fingerprint density at radius 1 is 1.03 bits per heavy atom. The van der Waals surface area contributed by atoms with E-state index in [2.05, 4.69) is 10.6 Å². The maximum Gasteiger partial charge on any atom is 0.513 e. The number of benzene rings is 2. The van der Waals surface area contributed by atoms with E-state index in [-0.39, 0.29) is 24.2 Å². The van der Waals surface area contributed by atoms with Gasteiger partial charge in [0.05, 0.1) is 25.6 Å². The fourth-order valence-corrected chi connectivity index (χ4v) is 3.86. The summed E-state index contributed by atoms with van der Waals surface area (Å²) in [7, 11) is 2.68. The molecule has 1 unspecified atom stereocenters. The summed E-state index contributed by atoms with van der Waals surface area (Å²) in [6.07, 6.45) is -1.63. The van der Waals surface area contributed by atoms with Crippen LogP contribution in [0.15, 0.2) is 65.4 Å². The Morgan fingerprint density at radius 2 is 1.70 bits per heavy atom. The third-order valence-electron chi connectivity index (χ3n) is 5.42. The van der Waals surface area contributed by atoms with Gasteiger partial charge in [-0.3, -0.25) is 0 Å². The highest BCUT2D eigenvalue weighted by atomic mass is 19.1. The van der Waals surface area contributed by atoms with E-state index in [0.717, 1.165) is 0 Å². The number of alkyl carbamates (subject to hydrolysis) is 1. The SMILES string of the molecule is COC(=O)OC1=C(C)NC(C)=C(OC(=O)NC(C)C)C1c1cccc(OC)c1OCc1cccc(F)c1. The lowest BCUT2D eigenvalue weighted by atomic mass is 9.89. The summed E-state index contributed by atoms with van der Waals surface area (Å²) in [4.78, 5) is 24.8. The molecule has 9 nitrogen and oxygen atoms in total. The molecule has 1 heterocycles. The second-order valence-corrected chi connectivity index (χ2v) is 8.58. The molecule has 1 amide bonds. The summed E-state index contributed by atoms with van der Waals surface area (Å²) >= 11 is 0. The van der Waals surface area contributed by atoms with E-state index in [1.165, 1.54) is 26.4 Å². The highest BCUT2D eigenvalue weighted by Crippen LogP contribution is 2.46. The van der Waals surface area contributed by atoms with Crippen molar-refractivity contribution in [1.82, 2.24) is 10.6 Å². The van der Waals surface area contributed by atoms with Crippen molar-refractivity contribution in [3.8, 4) is 11.5 Å². The Morgan fingerprint density at radius 3 is 2.32 bits per heavy atom. The first kappa shape index (κ1) is 27.4. The lowest BCUT2D eigenvalue weighted by molar-refractivity contribution is 0.0885. The van der Waals surface area contributed by atoms with E-state index < -0.39 is 24.0 Å². The first-order valence-electron chi connectivity index (χ1n) is 11.6. The van der Waals surface area contributed by atoms with E-state index in [9.17, 15) is 14.0 Å². The number of carbonyl (C=O) groups is 2. The summed E-state index contributed by atoms with van der Waals surface area (Å²) in [5, 5.41) is 5.77. The molecule has 198 valence electrons. The molecule has 0 aliphatic carbocycles. The molecule has 2 aromatic carbocycles. The highest BCUT2D eigenvalue weighted by molar-refractivity contribution is 5.70. The number of para-hydroxylation sites is 1. The average Bonchev–Trinajstić information content (AvgIpc) is 2.85. The third-order valence-corrected chi connectivity index (χ3v) is 5.42. The molecule has 1 aliphatic rings. The summed E-state index contributed by atoms with van der Waals surface area (Å²) in [5.41, 5.74) is 2.11. The molecule has 0 fully saturated rings. The number of methoxy groups -OCH3 is 2. The Labute approximate surface area is 215 Å². The topological polar surface area (TPSA) is 104 Å². The number of hydrogen-bond acceptors (Lipinski definition) is 8. The van der Waals surface area contributed by atoms with Gasteiger partial charge in [-0.1, -0.05) is 24.3 Å². The van der Waals surface area contributed by atoms with E-state index in [4.69, 9.17) is 23.7 Å². The maximum absolute atomic E-state index is 13.7. The van der Waals surface area contributed by atoms with Crippen LogP contribution in [0, 0.1) is 5.82 Å². The summed E-state index contributed by atoms with van der Waals surface area (Å²) < 4.78 is 41.4. The van der Waals surface area contributed by atoms with Gasteiger partial charge in [-0.15, -0.1) is 0 Å². The van der Waals surface area contributed by atoms with Gasteiger partial charge < -0.3 is 34.3 Å². The van der Waals surface area contributed by atoms with Crippen LogP contribution in [-0.2, 0) is 20.8 Å². The molecule has 2 N–H and O–H groups in total. The number of hydrogen-bond donors (Lipinski definition) is 2. The maximum atomic E-state index is 13.7. The molecule has 0 radical (unpaired) electrons. The molecule has 0 saturated heterocycles. The molecule has 0 saturated carbocycles. The molecule has 10 heteroatoms. The van der Waals surface area contributed by atoms with Crippen LogP contribution in [0.2, 0.25) is 0 Å². The van der Waals surface area contributed by atoms with E-state index in [0.29, 0.717) is 34.0 Å². The molecule has 37 heavy (non-hydrogen) atoms. The quantitative estimate of drug-likeness (QED) is 0.446. The van der Waals surface area contributed by atoms with Crippen LogP contribution in [0.1, 0.15) is 44.7 Å². The minimum atomic E-state index is -0.947. The molecular weight excluding hydrogens is 483 g/mol. The van der Waals surface area contributed by atoms with Crippen LogP contribution in [-0.4, -0.2) is 32.5 Å². The zero-order chi connectivity index (χ0) is 27.1. The largest absolute Gasteiger partial charge is 0.513 e. The number of ether oxygens (including phenoxy) is 5. The van der Waals surface area contributed by atoms with Gasteiger partial charge in [-0.2, -0.15) is 0 Å². The lowest BCUT2D eigenvalue weighted by Crippen LogP contribution is -2.34. The van der Waals surface area contributed by atoms with Gasteiger partial charge in [0.1, 0.15) is 29.9 Å². The van der Waals surface area contributed by atoms with Crippen molar-refractivity contribution in [2.24, 2.45) is 0 Å². The fourth-order valence-electron chi connectivity index (χ4n) is 3.86. The van der Waals surface area contributed by atoms with E-state index in [1.54, 1.807) is 58.0 Å². The number of dihydropyridines is 1. The smallest absolute Gasteiger partial charge is 0.493 e. The van der Waals surface area contributed by atoms with Crippen LogP contribution >= 0.6 is 0 Å². The van der Waals surface area contributed by atoms with Crippen LogP contribution < -0.4 is 20.1 Å². The summed E-state index contributed by atoms with van der Waals surface area (Å²) in [6.45, 7) is 7.08. The standard InChI is InChI=1S/C27H31FN2O7/c1-15(2)29-26(31)36-23-16(3)30-17(4)24(37-27(32)34-6)22(23)20-11-8-12-21(33-5)25(20)35-14-18-9-7-10-19(28)13-18/h7-13,15,22,30H,14H2,1-6H3,(H,29,31). The number of rotatable bonds is 8. The first-order chi connectivity index (χ1) is 17.6. The number of carbonyl (C=O) groups excluding carboxylic acids is 2. The number of allylic oxidation sites excluding steroid dienone is 2. The second kappa shape index (κ2) is 12.2. The highest BCUT2D eigenvalue weighted by Gasteiger charge is 2.38. The number of amides is 1. The van der Waals surface area contributed by atoms with Crippen molar-refractivity contribution in [2.45, 2.75) is 46.3 Å². The van der Waals surface area contributed by atoms with Gasteiger partial charge in [0.2, 0.25) is 0 Å². The van der Waals surface area contributed by atoms with Gasteiger partial charge in [-0.05, 0) is 51.5 Å². The van der Waals surface area contributed by atoms with Gasteiger partial charge in [0.25, 0.3) is 0 Å². The zero-order valence-corrected chi connectivity index (χ0v) is 21.6. The van der Waals surface area contributed by atoms with Crippen molar-refractivity contribution in [3.63, 3.8) is 0 Å². The predicted octanol–water partition coefficient (Wildman–Crippen LogP) is 5.48. The lowest BCUT2D eigenvalue weighted by Gasteiger charge is -2.31. The van der Waals surface area contributed by atoms with Crippen LogP contribution in [0.4, 0.5) is 14.0 Å². The predicted molar refractivity (Wildman–Crippen MR) is 133 cm³/mol. The van der Waals surface area contributed by atoms with Gasteiger partial charge in [-0.25, -0.2) is 14.0 Å². The van der Waals surface area contributed by atoms with Crippen molar-refractivity contribution in [3.05, 3.63) is 82.3 Å². The Bertz CT molecular complexity index is 1220. The molecule has 0 aromatic heterocycles. The molecule has 2 aromatic rings. The van der Waals surface area contributed by atoms with Crippen LogP contribution in [0.3, 0.4) is 0 Å². The number of halogens is 1. The Kier molecular flexibility index (Phi) is 9.00. The van der Waals surface area contributed by atoms with Gasteiger partial charge in [0.15, 0.2) is 11.5 Å². The van der Waals surface area contributed by atoms with Gasteiger partial charge in [0, 0.05) is 11.6 Å². The molecular formula is C27H31FN2O7. The average molecular weight is 515 g/mol. The Hall–Kier alpha value is -4.21. The third kappa shape index (κ3) is 6.72. The van der Waals surface area contributed by atoms with Crippen LogP contribution in [0.25, 0.3) is 0 Å². The van der Waals surface area contributed by atoms with Crippen LogP contribution in [0.5, 0.6) is 11.5 Å². The first-order valence-corrected chi connectivity index (χ1v) is 11.6. The zero-order valence-electron chi connectivity index (χ0n) is 21.6. The fraction of sp³-hybridized carbons (Fsp3) is 0.333. The second-order valence-electron chi connectivity index (χ2n) is 8.58. The van der Waals surface area contributed by atoms with Crippen molar-refractivity contribution in [2.75, 3.05) is 14.2 Å².